The van der Waals surface area contributed by atoms with Crippen LogP contribution in [0.25, 0.3) is 5.69 Å². The van der Waals surface area contributed by atoms with Crippen molar-refractivity contribution in [2.45, 2.75) is 12.8 Å². The maximum absolute atomic E-state index is 12.6. The second-order valence-corrected chi connectivity index (χ2v) is 5.66. The highest BCUT2D eigenvalue weighted by molar-refractivity contribution is 5.81. The van der Waals surface area contributed by atoms with Crippen LogP contribution in [0.2, 0.25) is 0 Å². The van der Waals surface area contributed by atoms with E-state index in [1.807, 2.05) is 6.07 Å². The van der Waals surface area contributed by atoms with Gasteiger partial charge in [0.15, 0.2) is 6.29 Å². The Morgan fingerprint density at radius 3 is 2.35 bits per heavy atom. The van der Waals surface area contributed by atoms with Gasteiger partial charge in [-0.2, -0.15) is 0 Å². The van der Waals surface area contributed by atoms with Gasteiger partial charge in [-0.05, 0) is 12.1 Å². The molecule has 2 aromatic rings. The smallest absolute Gasteiger partial charge is 0.309 e. The predicted octanol–water partition coefficient (Wildman–Crippen LogP) is 0.883. The molecule has 0 radical (unpaired) electrons. The second kappa shape index (κ2) is 8.28. The van der Waals surface area contributed by atoms with E-state index in [2.05, 4.69) is 4.74 Å². The zero-order valence-electron chi connectivity index (χ0n) is 14.8. The van der Waals surface area contributed by atoms with Crippen molar-refractivity contribution in [1.82, 2.24) is 9.36 Å². The van der Waals surface area contributed by atoms with Gasteiger partial charge in [-0.15, -0.1) is 0 Å². The highest BCUT2D eigenvalue weighted by Crippen LogP contribution is 2.18. The number of hydrogen-bond donors (Lipinski definition) is 0. The van der Waals surface area contributed by atoms with E-state index >= 15 is 0 Å². The van der Waals surface area contributed by atoms with Gasteiger partial charge in [0.1, 0.15) is 5.56 Å². The zero-order chi connectivity index (χ0) is 19.3. The number of carbonyl (C=O) groups is 3. The number of benzene rings is 1. The van der Waals surface area contributed by atoms with E-state index in [-0.39, 0.29) is 18.4 Å². The van der Waals surface area contributed by atoms with E-state index in [1.165, 1.54) is 23.6 Å². The van der Waals surface area contributed by atoms with Crippen LogP contribution in [-0.4, -0.2) is 41.8 Å². The van der Waals surface area contributed by atoms with Crippen molar-refractivity contribution in [3.8, 4) is 5.69 Å². The third kappa shape index (κ3) is 3.74. The topological polar surface area (TPSA) is 96.6 Å². The van der Waals surface area contributed by atoms with Gasteiger partial charge in [0, 0.05) is 13.5 Å². The Bertz CT molecular complexity index is 866. The number of nitrogens with zero attached hydrogens (tertiary/aromatic N) is 2. The fourth-order valence-corrected chi connectivity index (χ4v) is 2.81. The molecule has 0 aliphatic heterocycles. The van der Waals surface area contributed by atoms with E-state index in [0.29, 0.717) is 17.7 Å². The maximum atomic E-state index is 12.6. The average molecular weight is 360 g/mol. The molecule has 8 heteroatoms. The first-order chi connectivity index (χ1) is 12.4. The predicted molar refractivity (Wildman–Crippen MR) is 92.2 cm³/mol. The molecule has 0 amide bonds. The summed E-state index contributed by atoms with van der Waals surface area (Å²) in [6.07, 6.45) is 0.233. The van der Waals surface area contributed by atoms with Crippen LogP contribution in [-0.2, 0) is 32.5 Å². The molecule has 1 aromatic heterocycles. The van der Waals surface area contributed by atoms with Gasteiger partial charge in [0.25, 0.3) is 5.56 Å². The summed E-state index contributed by atoms with van der Waals surface area (Å²) < 4.78 is 12.2. The molecular weight excluding hydrogens is 340 g/mol. The van der Waals surface area contributed by atoms with Crippen molar-refractivity contribution >= 4 is 18.2 Å². The Kier molecular flexibility index (Phi) is 6.11. The Morgan fingerprint density at radius 1 is 1.15 bits per heavy atom. The first-order valence-corrected chi connectivity index (χ1v) is 7.90. The van der Waals surface area contributed by atoms with Gasteiger partial charge in [0.05, 0.1) is 37.9 Å². The third-order valence-corrected chi connectivity index (χ3v) is 4.16. The van der Waals surface area contributed by atoms with Gasteiger partial charge in [0.2, 0.25) is 0 Å². The highest BCUT2D eigenvalue weighted by Gasteiger charge is 2.28. The Hall–Kier alpha value is -3.16. The van der Waals surface area contributed by atoms with E-state index in [1.54, 1.807) is 31.3 Å². The summed E-state index contributed by atoms with van der Waals surface area (Å²) >= 11 is 0. The van der Waals surface area contributed by atoms with Crippen molar-refractivity contribution in [3.05, 3.63) is 51.9 Å². The van der Waals surface area contributed by atoms with Gasteiger partial charge >= 0.3 is 11.9 Å². The number of aldehydes is 1. The van der Waals surface area contributed by atoms with E-state index < -0.39 is 23.4 Å². The van der Waals surface area contributed by atoms with Crippen LogP contribution in [0.15, 0.2) is 35.1 Å². The fraction of sp³-hybridized carbons (Fsp3) is 0.333. The third-order valence-electron chi connectivity index (χ3n) is 4.16. The van der Waals surface area contributed by atoms with Crippen LogP contribution in [0.3, 0.4) is 0 Å². The van der Waals surface area contributed by atoms with Crippen LogP contribution in [0.4, 0.5) is 0 Å². The number of hydrogen-bond acceptors (Lipinski definition) is 6. The minimum atomic E-state index is -0.872. The van der Waals surface area contributed by atoms with E-state index in [9.17, 15) is 19.2 Å². The molecule has 0 aliphatic rings. The summed E-state index contributed by atoms with van der Waals surface area (Å²) in [6, 6.07) is 8.80. The monoisotopic (exact) mass is 360 g/mol. The van der Waals surface area contributed by atoms with Crippen molar-refractivity contribution in [3.63, 3.8) is 0 Å². The minimum Gasteiger partial charge on any atom is -0.469 e. The average Bonchev–Trinajstić information content (AvgIpc) is 2.90. The first-order valence-electron chi connectivity index (χ1n) is 7.90. The van der Waals surface area contributed by atoms with Crippen molar-refractivity contribution in [2.75, 3.05) is 14.2 Å². The van der Waals surface area contributed by atoms with Gasteiger partial charge in [-0.3, -0.25) is 23.9 Å². The van der Waals surface area contributed by atoms with E-state index in [4.69, 9.17) is 4.74 Å². The standard InChI is InChI=1S/C18H20N2O6/c1-19-15(9-12(18(24)26-3)10-16(22)25-2)14(11-21)17(23)20(19)13-7-5-4-6-8-13/h4-8,11-12H,9-10H2,1-3H3. The number of para-hydroxylation sites is 1. The number of ether oxygens (including phenoxy) is 2. The lowest BCUT2D eigenvalue weighted by Crippen LogP contribution is -2.24. The van der Waals surface area contributed by atoms with Crippen molar-refractivity contribution in [1.29, 1.82) is 0 Å². The summed E-state index contributed by atoms with van der Waals surface area (Å²) in [4.78, 5) is 47.8. The molecule has 1 atom stereocenters. The molecule has 0 aliphatic carbocycles. The van der Waals surface area contributed by atoms with Gasteiger partial charge in [-0.1, -0.05) is 18.2 Å². The highest BCUT2D eigenvalue weighted by atomic mass is 16.5. The van der Waals surface area contributed by atoms with Crippen LogP contribution in [0, 0.1) is 5.92 Å². The molecule has 1 heterocycles. The number of methoxy groups -OCH3 is 2. The number of carbonyl (C=O) groups excluding carboxylic acids is 3. The summed E-state index contributed by atoms with van der Waals surface area (Å²) in [6.45, 7) is 0. The van der Waals surface area contributed by atoms with Crippen molar-refractivity contribution < 1.29 is 23.9 Å². The molecule has 138 valence electrons. The lowest BCUT2D eigenvalue weighted by atomic mass is 9.98. The van der Waals surface area contributed by atoms with Crippen LogP contribution < -0.4 is 5.56 Å². The first kappa shape index (κ1) is 19.2. The molecule has 0 spiro atoms. The van der Waals surface area contributed by atoms with Crippen LogP contribution in [0.1, 0.15) is 22.5 Å². The molecule has 2 rings (SSSR count). The molecule has 0 saturated heterocycles. The normalized spacial score (nSPS) is 11.7. The Morgan fingerprint density at radius 2 is 1.81 bits per heavy atom. The summed E-state index contributed by atoms with van der Waals surface area (Å²) in [7, 11) is 4.04. The molecule has 1 aromatic carbocycles. The Balaban J connectivity index is 2.51. The minimum absolute atomic E-state index is 0.0125. The number of aromatic nitrogens is 2. The molecule has 8 nitrogen and oxygen atoms in total. The summed E-state index contributed by atoms with van der Waals surface area (Å²) in [5, 5.41) is 0. The largest absolute Gasteiger partial charge is 0.469 e. The fourth-order valence-electron chi connectivity index (χ4n) is 2.81. The SMILES string of the molecule is COC(=O)CC(Cc1c(C=O)c(=O)n(-c2ccccc2)n1C)C(=O)OC. The molecule has 1 unspecified atom stereocenters. The van der Waals surface area contributed by atoms with Crippen LogP contribution >= 0.6 is 0 Å². The molecule has 0 N–H and O–H groups in total. The maximum Gasteiger partial charge on any atom is 0.309 e. The summed E-state index contributed by atoms with van der Waals surface area (Å²) in [5.41, 5.74) is 0.366. The second-order valence-electron chi connectivity index (χ2n) is 5.66. The lowest BCUT2D eigenvalue weighted by molar-refractivity contribution is -0.152. The van der Waals surface area contributed by atoms with Crippen molar-refractivity contribution in [2.24, 2.45) is 13.0 Å². The molecule has 26 heavy (non-hydrogen) atoms. The van der Waals surface area contributed by atoms with Gasteiger partial charge < -0.3 is 9.47 Å². The molecule has 0 bridgehead atoms. The lowest BCUT2D eigenvalue weighted by Gasteiger charge is -2.15. The molecular formula is C18H20N2O6. The Labute approximate surface area is 149 Å². The number of esters is 2. The molecule has 0 saturated carbocycles. The number of rotatable bonds is 7. The molecule has 0 fully saturated rings. The van der Waals surface area contributed by atoms with Gasteiger partial charge in [-0.25, -0.2) is 4.68 Å². The quantitative estimate of drug-likeness (QED) is 0.537. The summed E-state index contributed by atoms with van der Waals surface area (Å²) in [5.74, 6) is -2.07. The van der Waals surface area contributed by atoms with Crippen LogP contribution in [0.5, 0.6) is 0 Å². The zero-order valence-corrected chi connectivity index (χ0v) is 14.8. The van der Waals surface area contributed by atoms with E-state index in [0.717, 1.165) is 0 Å².